The maximum Gasteiger partial charge on any atom is 0.271 e. The Morgan fingerprint density at radius 1 is 1.00 bits per heavy atom. The van der Waals surface area contributed by atoms with Gasteiger partial charge in [0.25, 0.3) is 5.91 Å². The standard InChI is InChI=1S/C8HI4NO2/c9-4-2(1-14)5(10)7(12)3(6(4)11)8(13)15/h13H. The molecule has 0 saturated carbocycles. The van der Waals surface area contributed by atoms with Crippen molar-refractivity contribution in [3.8, 4) is 0 Å². The summed E-state index contributed by atoms with van der Waals surface area (Å²) < 4.78 is 2.67. The van der Waals surface area contributed by atoms with E-state index in [1.165, 1.54) is 0 Å². The molecule has 0 heterocycles. The van der Waals surface area contributed by atoms with Gasteiger partial charge in [0.15, 0.2) is 0 Å². The molecule has 0 aliphatic heterocycles. The smallest absolute Gasteiger partial charge is 0.271 e. The fraction of sp³-hybridized carbons (Fsp3) is 0. The molecule has 78 valence electrons. The van der Waals surface area contributed by atoms with Crippen LogP contribution in [0.3, 0.4) is 0 Å². The number of halogens is 4. The van der Waals surface area contributed by atoms with Crippen LogP contribution in [0.1, 0.15) is 15.9 Å². The first-order valence-corrected chi connectivity index (χ1v) is 7.73. The maximum atomic E-state index is 11.1. The zero-order chi connectivity index (χ0) is 11.7. The second-order valence-electron chi connectivity index (χ2n) is 2.44. The number of nitrogens with one attached hydrogen (secondary N) is 1. The lowest BCUT2D eigenvalue weighted by atomic mass is 10.1. The summed E-state index contributed by atoms with van der Waals surface area (Å²) in [5.41, 5.74) is 8.00. The SMILES string of the molecule is [NH]C(=O)c1c(I)c(I)c([C]=O)c(I)c1I. The van der Waals surface area contributed by atoms with Crippen LogP contribution in [0.4, 0.5) is 0 Å². The van der Waals surface area contributed by atoms with Crippen molar-refractivity contribution in [3.05, 3.63) is 25.4 Å². The predicted molar refractivity (Wildman–Crippen MR) is 89.5 cm³/mol. The van der Waals surface area contributed by atoms with Crippen molar-refractivity contribution >= 4 is 103 Å². The minimum Gasteiger partial charge on any atom is -0.285 e. The molecule has 0 unspecified atom stereocenters. The molecular weight excluding hydrogens is 650 g/mol. The number of amides is 1. The Hall–Kier alpha value is 1.28. The van der Waals surface area contributed by atoms with Crippen LogP contribution in [-0.4, -0.2) is 12.2 Å². The molecule has 7 heteroatoms. The van der Waals surface area contributed by atoms with Crippen LogP contribution in [0.2, 0.25) is 0 Å². The van der Waals surface area contributed by atoms with E-state index in [1.54, 1.807) is 0 Å². The molecule has 1 rings (SSSR count). The van der Waals surface area contributed by atoms with Gasteiger partial charge >= 0.3 is 0 Å². The lowest BCUT2D eigenvalue weighted by Crippen LogP contribution is -2.11. The topological polar surface area (TPSA) is 57.9 Å². The first kappa shape index (κ1) is 14.3. The summed E-state index contributed by atoms with van der Waals surface area (Å²) in [6.07, 6.45) is 1.86. The monoisotopic (exact) mass is 651 g/mol. The number of benzene rings is 1. The second-order valence-corrected chi connectivity index (χ2v) is 6.75. The molecule has 2 radical (unpaired) electrons. The molecule has 1 aromatic rings. The normalized spacial score (nSPS) is 10.1. The molecule has 0 fully saturated rings. The van der Waals surface area contributed by atoms with Crippen LogP contribution in [0.25, 0.3) is 0 Å². The first-order chi connectivity index (χ1) is 6.91. The summed E-state index contributed by atoms with van der Waals surface area (Å²) in [4.78, 5) is 21.9. The van der Waals surface area contributed by atoms with Gasteiger partial charge in [-0.3, -0.25) is 15.3 Å². The molecule has 1 amide bonds. The lowest BCUT2D eigenvalue weighted by molar-refractivity contribution is 0.0990. The highest BCUT2D eigenvalue weighted by molar-refractivity contribution is 14.1. The molecule has 0 aliphatic rings. The van der Waals surface area contributed by atoms with Gasteiger partial charge in [-0.1, -0.05) is 0 Å². The third-order valence-corrected chi connectivity index (χ3v) is 7.97. The van der Waals surface area contributed by atoms with Crippen LogP contribution in [-0.2, 0) is 4.79 Å². The third-order valence-electron chi connectivity index (χ3n) is 1.59. The molecule has 0 aliphatic carbocycles. The summed E-state index contributed by atoms with van der Waals surface area (Å²) in [7, 11) is 0. The van der Waals surface area contributed by atoms with E-state index in [4.69, 9.17) is 5.73 Å². The molecule has 1 aromatic carbocycles. The number of carbonyl (C=O) groups is 1. The van der Waals surface area contributed by atoms with Crippen LogP contribution >= 0.6 is 90.4 Å². The Morgan fingerprint density at radius 2 is 1.40 bits per heavy atom. The van der Waals surface area contributed by atoms with Gasteiger partial charge < -0.3 is 0 Å². The zero-order valence-corrected chi connectivity index (χ0v) is 15.5. The summed E-state index contributed by atoms with van der Waals surface area (Å²) >= 11 is 7.94. The van der Waals surface area contributed by atoms with Gasteiger partial charge in [0.1, 0.15) is 0 Å². The van der Waals surface area contributed by atoms with Crippen molar-refractivity contribution in [3.63, 3.8) is 0 Å². The summed E-state index contributed by atoms with van der Waals surface area (Å²) in [5.74, 6) is -0.725. The Bertz CT molecular complexity index is 429. The molecule has 0 atom stereocenters. The van der Waals surface area contributed by atoms with E-state index in [9.17, 15) is 9.59 Å². The van der Waals surface area contributed by atoms with Gasteiger partial charge in [-0.15, -0.1) is 0 Å². The van der Waals surface area contributed by atoms with E-state index in [1.807, 2.05) is 96.6 Å². The van der Waals surface area contributed by atoms with Crippen molar-refractivity contribution in [2.75, 3.05) is 0 Å². The predicted octanol–water partition coefficient (Wildman–Crippen LogP) is 2.99. The minimum absolute atomic E-state index is 0.365. The van der Waals surface area contributed by atoms with E-state index >= 15 is 0 Å². The van der Waals surface area contributed by atoms with Gasteiger partial charge in [-0.05, 0) is 90.4 Å². The Balaban J connectivity index is 3.74. The highest BCUT2D eigenvalue weighted by Crippen LogP contribution is 2.31. The average molecular weight is 651 g/mol. The number of rotatable bonds is 2. The average Bonchev–Trinajstić information content (AvgIpc) is 2.16. The first-order valence-electron chi connectivity index (χ1n) is 3.41. The van der Waals surface area contributed by atoms with E-state index in [0.717, 1.165) is 0 Å². The Morgan fingerprint density at radius 3 is 1.67 bits per heavy atom. The van der Waals surface area contributed by atoms with Crippen LogP contribution in [0.15, 0.2) is 0 Å². The largest absolute Gasteiger partial charge is 0.285 e. The Kier molecular flexibility index (Phi) is 5.50. The molecule has 0 bridgehead atoms. The number of hydrogen-bond donors (Lipinski definition) is 0. The van der Waals surface area contributed by atoms with Crippen molar-refractivity contribution in [2.45, 2.75) is 0 Å². The number of hydrogen-bond acceptors (Lipinski definition) is 2. The highest BCUT2D eigenvalue weighted by Gasteiger charge is 2.21. The molecule has 15 heavy (non-hydrogen) atoms. The van der Waals surface area contributed by atoms with Crippen molar-refractivity contribution in [2.24, 2.45) is 0 Å². The van der Waals surface area contributed by atoms with E-state index in [2.05, 4.69) is 0 Å². The van der Waals surface area contributed by atoms with Gasteiger partial charge in [0.05, 0.1) is 11.1 Å². The summed E-state index contributed by atoms with van der Waals surface area (Å²) in [5, 5.41) is 0. The third kappa shape index (κ3) is 2.75. The fourth-order valence-corrected chi connectivity index (χ4v) is 4.82. The molecule has 0 spiro atoms. The quantitative estimate of drug-likeness (QED) is 0.366. The van der Waals surface area contributed by atoms with E-state index in [-0.39, 0.29) is 0 Å². The molecule has 1 N–H and O–H groups in total. The molecule has 0 aromatic heterocycles. The zero-order valence-electron chi connectivity index (χ0n) is 6.83. The van der Waals surface area contributed by atoms with E-state index < -0.39 is 5.91 Å². The minimum atomic E-state index is -0.725. The van der Waals surface area contributed by atoms with Gasteiger partial charge in [-0.2, -0.15) is 0 Å². The number of carbonyl (C=O) groups excluding carboxylic acids is 2. The van der Waals surface area contributed by atoms with Crippen molar-refractivity contribution in [1.29, 1.82) is 0 Å². The lowest BCUT2D eigenvalue weighted by Gasteiger charge is -2.10. The fourth-order valence-electron chi connectivity index (χ4n) is 0.921. The van der Waals surface area contributed by atoms with Crippen molar-refractivity contribution in [1.82, 2.24) is 5.73 Å². The van der Waals surface area contributed by atoms with Gasteiger partial charge in [0.2, 0.25) is 6.29 Å². The Labute approximate surface area is 141 Å². The summed E-state index contributed by atoms with van der Waals surface area (Å²) in [6.45, 7) is 0. The summed E-state index contributed by atoms with van der Waals surface area (Å²) in [6, 6.07) is 0. The van der Waals surface area contributed by atoms with Crippen LogP contribution in [0.5, 0.6) is 0 Å². The van der Waals surface area contributed by atoms with Gasteiger partial charge in [-0.25, -0.2) is 0 Å². The maximum absolute atomic E-state index is 11.1. The van der Waals surface area contributed by atoms with Crippen LogP contribution < -0.4 is 5.73 Å². The molecule has 3 nitrogen and oxygen atoms in total. The molecular formula is C8HI4NO2. The molecule has 0 saturated heterocycles. The highest BCUT2D eigenvalue weighted by atomic mass is 127. The van der Waals surface area contributed by atoms with Gasteiger partial charge in [0, 0.05) is 14.3 Å². The van der Waals surface area contributed by atoms with E-state index in [0.29, 0.717) is 25.4 Å². The van der Waals surface area contributed by atoms with Crippen molar-refractivity contribution < 1.29 is 9.59 Å². The second kappa shape index (κ2) is 5.75. The van der Waals surface area contributed by atoms with Crippen LogP contribution in [0, 0.1) is 14.3 Å².